The fraction of sp³-hybridized carbons (Fsp3) is 0.538. The van der Waals surface area contributed by atoms with Gasteiger partial charge in [0.05, 0.1) is 11.9 Å². The standard InChI is InChI=1S/C13H19NO3S/c1-11(12-5-3-2-4-6-12)10-18(16,17)14-8-7-13(15)9-14/h2-6,11,13,15H,7-10H2,1H3. The van der Waals surface area contributed by atoms with Crippen molar-refractivity contribution in [2.75, 3.05) is 18.8 Å². The molecule has 1 aromatic carbocycles. The van der Waals surface area contributed by atoms with E-state index < -0.39 is 16.1 Å². The van der Waals surface area contributed by atoms with Crippen molar-refractivity contribution in [2.45, 2.75) is 25.4 Å². The lowest BCUT2D eigenvalue weighted by Gasteiger charge is -2.19. The lowest BCUT2D eigenvalue weighted by molar-refractivity contribution is 0.189. The highest BCUT2D eigenvalue weighted by molar-refractivity contribution is 7.89. The van der Waals surface area contributed by atoms with Crippen LogP contribution in [0.15, 0.2) is 30.3 Å². The van der Waals surface area contributed by atoms with Gasteiger partial charge in [0.2, 0.25) is 10.0 Å². The van der Waals surface area contributed by atoms with Gasteiger partial charge in [0.25, 0.3) is 0 Å². The number of aliphatic hydroxyl groups is 1. The predicted octanol–water partition coefficient (Wildman–Crippen LogP) is 1.19. The van der Waals surface area contributed by atoms with Gasteiger partial charge < -0.3 is 5.11 Å². The summed E-state index contributed by atoms with van der Waals surface area (Å²) in [6.45, 7) is 2.59. The molecule has 1 fully saturated rings. The molecule has 1 aromatic rings. The van der Waals surface area contributed by atoms with Gasteiger partial charge in [0, 0.05) is 13.1 Å². The van der Waals surface area contributed by atoms with Crippen molar-refractivity contribution in [1.29, 1.82) is 0 Å². The molecule has 5 heteroatoms. The SMILES string of the molecule is CC(CS(=O)(=O)N1CCC(O)C1)c1ccccc1. The first kappa shape index (κ1) is 13.5. The van der Waals surface area contributed by atoms with Gasteiger partial charge in [-0.15, -0.1) is 0 Å². The van der Waals surface area contributed by atoms with Crippen LogP contribution in [-0.2, 0) is 10.0 Å². The van der Waals surface area contributed by atoms with E-state index >= 15 is 0 Å². The molecule has 1 heterocycles. The summed E-state index contributed by atoms with van der Waals surface area (Å²) in [5.74, 6) is 0.0675. The molecule has 18 heavy (non-hydrogen) atoms. The van der Waals surface area contributed by atoms with E-state index in [1.165, 1.54) is 4.31 Å². The van der Waals surface area contributed by atoms with Crippen LogP contribution in [0.3, 0.4) is 0 Å². The van der Waals surface area contributed by atoms with Crippen LogP contribution < -0.4 is 0 Å². The van der Waals surface area contributed by atoms with E-state index in [-0.39, 0.29) is 18.2 Å². The van der Waals surface area contributed by atoms with Crippen molar-refractivity contribution in [3.05, 3.63) is 35.9 Å². The van der Waals surface area contributed by atoms with Gasteiger partial charge in [-0.1, -0.05) is 37.3 Å². The van der Waals surface area contributed by atoms with Crippen molar-refractivity contribution < 1.29 is 13.5 Å². The van der Waals surface area contributed by atoms with E-state index in [0.29, 0.717) is 13.0 Å². The molecule has 1 N–H and O–H groups in total. The largest absolute Gasteiger partial charge is 0.392 e. The number of sulfonamides is 1. The van der Waals surface area contributed by atoms with Crippen molar-refractivity contribution in [3.8, 4) is 0 Å². The Morgan fingerprint density at radius 1 is 1.39 bits per heavy atom. The Hall–Kier alpha value is -0.910. The normalized spacial score (nSPS) is 23.1. The molecule has 2 unspecified atom stereocenters. The fourth-order valence-corrected chi connectivity index (χ4v) is 4.08. The average Bonchev–Trinajstić information content (AvgIpc) is 2.77. The Morgan fingerprint density at radius 3 is 2.61 bits per heavy atom. The van der Waals surface area contributed by atoms with Gasteiger partial charge in [-0.25, -0.2) is 8.42 Å². The van der Waals surface area contributed by atoms with Crippen molar-refractivity contribution in [1.82, 2.24) is 4.31 Å². The smallest absolute Gasteiger partial charge is 0.214 e. The summed E-state index contributed by atoms with van der Waals surface area (Å²) in [5.41, 5.74) is 1.03. The maximum atomic E-state index is 12.2. The molecular formula is C13H19NO3S. The summed E-state index contributed by atoms with van der Waals surface area (Å²) >= 11 is 0. The van der Waals surface area contributed by atoms with Gasteiger partial charge in [-0.2, -0.15) is 4.31 Å². The number of rotatable bonds is 4. The van der Waals surface area contributed by atoms with Crippen LogP contribution in [0.2, 0.25) is 0 Å². The molecule has 0 radical (unpaired) electrons. The topological polar surface area (TPSA) is 57.6 Å². The fourth-order valence-electron chi connectivity index (χ4n) is 2.26. The minimum atomic E-state index is -3.27. The first-order valence-corrected chi connectivity index (χ1v) is 7.81. The summed E-state index contributed by atoms with van der Waals surface area (Å²) in [6, 6.07) is 9.63. The molecule has 0 aromatic heterocycles. The number of hydrogen-bond acceptors (Lipinski definition) is 3. The summed E-state index contributed by atoms with van der Waals surface area (Å²) in [7, 11) is -3.27. The quantitative estimate of drug-likeness (QED) is 0.893. The van der Waals surface area contributed by atoms with Gasteiger partial charge >= 0.3 is 0 Å². The molecule has 1 aliphatic heterocycles. The molecule has 2 rings (SSSR count). The molecule has 1 aliphatic rings. The predicted molar refractivity (Wildman–Crippen MR) is 70.8 cm³/mol. The van der Waals surface area contributed by atoms with E-state index in [2.05, 4.69) is 0 Å². The van der Waals surface area contributed by atoms with Crippen LogP contribution in [0.5, 0.6) is 0 Å². The van der Waals surface area contributed by atoms with Crippen molar-refractivity contribution in [3.63, 3.8) is 0 Å². The van der Waals surface area contributed by atoms with E-state index in [0.717, 1.165) is 5.56 Å². The highest BCUT2D eigenvalue weighted by Crippen LogP contribution is 2.21. The van der Waals surface area contributed by atoms with Gasteiger partial charge in [0.1, 0.15) is 0 Å². The number of β-amino-alcohol motifs (C(OH)–C–C–N with tert-alkyl or cyclic N) is 1. The third kappa shape index (κ3) is 3.10. The summed E-state index contributed by atoms with van der Waals surface area (Å²) in [4.78, 5) is 0. The molecule has 0 amide bonds. The Bertz CT molecular complexity index is 486. The zero-order chi connectivity index (χ0) is 13.2. The number of benzene rings is 1. The number of hydrogen-bond donors (Lipinski definition) is 1. The van der Waals surface area contributed by atoms with Crippen LogP contribution >= 0.6 is 0 Å². The van der Waals surface area contributed by atoms with Crippen LogP contribution in [0, 0.1) is 0 Å². The lowest BCUT2D eigenvalue weighted by Crippen LogP contribution is -2.33. The Morgan fingerprint density at radius 2 is 2.06 bits per heavy atom. The van der Waals surface area contributed by atoms with Gasteiger partial charge in [-0.3, -0.25) is 0 Å². The molecule has 0 saturated carbocycles. The molecule has 2 atom stereocenters. The second kappa shape index (κ2) is 5.38. The van der Waals surface area contributed by atoms with Crippen molar-refractivity contribution in [2.24, 2.45) is 0 Å². The van der Waals surface area contributed by atoms with Crippen molar-refractivity contribution >= 4 is 10.0 Å². The van der Waals surface area contributed by atoms with Gasteiger partial charge in [-0.05, 0) is 17.9 Å². The molecule has 100 valence electrons. The summed E-state index contributed by atoms with van der Waals surface area (Å²) in [6.07, 6.45) is 0.0330. The van der Waals surface area contributed by atoms with E-state index in [9.17, 15) is 13.5 Å². The molecule has 0 spiro atoms. The third-order valence-electron chi connectivity index (χ3n) is 3.35. The maximum absolute atomic E-state index is 12.2. The Kier molecular flexibility index (Phi) is 4.04. The number of aliphatic hydroxyl groups excluding tert-OH is 1. The lowest BCUT2D eigenvalue weighted by atomic mass is 10.0. The minimum Gasteiger partial charge on any atom is -0.392 e. The second-order valence-electron chi connectivity index (χ2n) is 4.89. The first-order valence-electron chi connectivity index (χ1n) is 6.20. The Labute approximate surface area is 108 Å². The van der Waals surface area contributed by atoms with Crippen LogP contribution in [0.25, 0.3) is 0 Å². The van der Waals surface area contributed by atoms with E-state index in [1.807, 2.05) is 37.3 Å². The second-order valence-corrected chi connectivity index (χ2v) is 6.90. The third-order valence-corrected chi connectivity index (χ3v) is 5.39. The van der Waals surface area contributed by atoms with Crippen LogP contribution in [-0.4, -0.2) is 42.8 Å². The summed E-state index contributed by atoms with van der Waals surface area (Å²) in [5, 5.41) is 9.41. The average molecular weight is 269 g/mol. The number of nitrogens with zero attached hydrogens (tertiary/aromatic N) is 1. The maximum Gasteiger partial charge on any atom is 0.214 e. The van der Waals surface area contributed by atoms with Crippen LogP contribution in [0.1, 0.15) is 24.8 Å². The monoisotopic (exact) mass is 269 g/mol. The zero-order valence-corrected chi connectivity index (χ0v) is 11.3. The Balaban J connectivity index is 2.04. The highest BCUT2D eigenvalue weighted by atomic mass is 32.2. The first-order chi connectivity index (χ1) is 8.49. The molecular weight excluding hydrogens is 250 g/mol. The molecule has 0 bridgehead atoms. The molecule has 4 nitrogen and oxygen atoms in total. The van der Waals surface area contributed by atoms with Gasteiger partial charge in [0.15, 0.2) is 0 Å². The minimum absolute atomic E-state index is 0.0334. The van der Waals surface area contributed by atoms with Crippen LogP contribution in [0.4, 0.5) is 0 Å². The zero-order valence-electron chi connectivity index (χ0n) is 10.5. The summed E-state index contributed by atoms with van der Waals surface area (Å²) < 4.78 is 25.8. The highest BCUT2D eigenvalue weighted by Gasteiger charge is 2.31. The molecule has 0 aliphatic carbocycles. The van der Waals surface area contributed by atoms with E-state index in [4.69, 9.17) is 0 Å². The molecule has 1 saturated heterocycles. The van der Waals surface area contributed by atoms with E-state index in [1.54, 1.807) is 0 Å².